The summed E-state index contributed by atoms with van der Waals surface area (Å²) in [6.45, 7) is 4.89. The molecule has 0 unspecified atom stereocenters. The Bertz CT molecular complexity index is 1230. The summed E-state index contributed by atoms with van der Waals surface area (Å²) >= 11 is 6.60. The number of aliphatic imine (C=N–C) groups is 1. The first-order valence-electron chi connectivity index (χ1n) is 10.3. The van der Waals surface area contributed by atoms with Crippen LogP contribution in [0.25, 0.3) is 10.8 Å². The third-order valence-electron chi connectivity index (χ3n) is 5.05. The maximum absolute atomic E-state index is 6.60. The van der Waals surface area contributed by atoms with E-state index in [-0.39, 0.29) is 0 Å². The van der Waals surface area contributed by atoms with E-state index in [1.807, 2.05) is 68.4 Å². The van der Waals surface area contributed by atoms with E-state index in [0.29, 0.717) is 29.7 Å². The normalized spacial score (nSPS) is 11.2. The monoisotopic (exact) mass is 429 g/mol. The molecular weight excluding hydrogens is 406 g/mol. The van der Waals surface area contributed by atoms with Crippen LogP contribution in [0.5, 0.6) is 11.5 Å². The van der Waals surface area contributed by atoms with Gasteiger partial charge in [0.25, 0.3) is 0 Å². The van der Waals surface area contributed by atoms with E-state index >= 15 is 0 Å². The molecule has 3 nitrogen and oxygen atoms in total. The zero-order valence-corrected chi connectivity index (χ0v) is 18.4. The number of fused-ring (bicyclic) bond motifs is 1. The molecule has 31 heavy (non-hydrogen) atoms. The summed E-state index contributed by atoms with van der Waals surface area (Å²) in [7, 11) is 0. The van der Waals surface area contributed by atoms with E-state index in [4.69, 9.17) is 21.1 Å². The molecule has 0 spiro atoms. The first kappa shape index (κ1) is 21.0. The van der Waals surface area contributed by atoms with Crippen LogP contribution in [-0.2, 0) is 6.61 Å². The lowest BCUT2D eigenvalue weighted by Crippen LogP contribution is -2.02. The fraction of sp³-hybridized carbons (Fsp3) is 0.148. The quantitative estimate of drug-likeness (QED) is 0.284. The number of nitrogens with zero attached hydrogens (tertiary/aromatic N) is 1. The lowest BCUT2D eigenvalue weighted by molar-refractivity contribution is 0.270. The Balaban J connectivity index is 1.61. The van der Waals surface area contributed by atoms with Crippen LogP contribution in [0.4, 0.5) is 5.69 Å². The van der Waals surface area contributed by atoms with Gasteiger partial charge in [0, 0.05) is 6.21 Å². The molecule has 0 amide bonds. The fourth-order valence-electron chi connectivity index (χ4n) is 3.49. The van der Waals surface area contributed by atoms with E-state index in [0.717, 1.165) is 22.4 Å². The Labute approximate surface area is 187 Å². The van der Waals surface area contributed by atoms with Crippen molar-refractivity contribution in [3.8, 4) is 11.5 Å². The van der Waals surface area contributed by atoms with Gasteiger partial charge in [-0.25, -0.2) is 0 Å². The van der Waals surface area contributed by atoms with Crippen LogP contribution >= 0.6 is 11.6 Å². The van der Waals surface area contributed by atoms with E-state index in [1.165, 1.54) is 10.8 Å². The second-order valence-electron chi connectivity index (χ2n) is 7.23. The Kier molecular flexibility index (Phi) is 6.54. The highest BCUT2D eigenvalue weighted by Gasteiger charge is 2.13. The predicted molar refractivity (Wildman–Crippen MR) is 129 cm³/mol. The standard InChI is InChI=1S/C27H24ClNO2/c1-3-30-26-16-20(17-29-25-14-7-4-9-19(25)2)15-24(28)27(26)31-18-22-12-8-11-21-10-5-6-13-23(21)22/h4-17H,3,18H2,1-2H3. The minimum Gasteiger partial charge on any atom is -0.490 e. The van der Waals surface area contributed by atoms with Gasteiger partial charge in [0.05, 0.1) is 17.3 Å². The lowest BCUT2D eigenvalue weighted by Gasteiger charge is -2.15. The highest BCUT2D eigenvalue weighted by Crippen LogP contribution is 2.37. The van der Waals surface area contributed by atoms with Gasteiger partial charge in [0.2, 0.25) is 0 Å². The number of benzene rings is 4. The molecule has 0 aromatic heterocycles. The van der Waals surface area contributed by atoms with Gasteiger partial charge in [-0.2, -0.15) is 0 Å². The van der Waals surface area contributed by atoms with Crippen LogP contribution in [0, 0.1) is 6.92 Å². The maximum atomic E-state index is 6.60. The van der Waals surface area contributed by atoms with Gasteiger partial charge < -0.3 is 9.47 Å². The van der Waals surface area contributed by atoms with E-state index in [1.54, 1.807) is 6.21 Å². The van der Waals surface area contributed by atoms with E-state index in [9.17, 15) is 0 Å². The summed E-state index contributed by atoms with van der Waals surface area (Å²) in [5.74, 6) is 1.16. The first-order chi connectivity index (χ1) is 15.2. The molecule has 0 bridgehead atoms. The van der Waals surface area contributed by atoms with Gasteiger partial charge in [-0.05, 0) is 59.5 Å². The minimum absolute atomic E-state index is 0.401. The van der Waals surface area contributed by atoms with E-state index in [2.05, 4.69) is 29.3 Å². The smallest absolute Gasteiger partial charge is 0.180 e. The predicted octanol–water partition coefficient (Wildman–Crippen LogP) is 7.53. The van der Waals surface area contributed by atoms with Crippen molar-refractivity contribution in [2.24, 2.45) is 4.99 Å². The zero-order chi connectivity index (χ0) is 21.6. The first-order valence-corrected chi connectivity index (χ1v) is 10.7. The highest BCUT2D eigenvalue weighted by molar-refractivity contribution is 6.32. The van der Waals surface area contributed by atoms with Gasteiger partial charge in [-0.1, -0.05) is 72.3 Å². The molecule has 0 radical (unpaired) electrons. The summed E-state index contributed by atoms with van der Waals surface area (Å²) < 4.78 is 12.0. The van der Waals surface area contributed by atoms with Crippen molar-refractivity contribution in [1.82, 2.24) is 0 Å². The highest BCUT2D eigenvalue weighted by atomic mass is 35.5. The molecule has 156 valence electrons. The number of aryl methyl sites for hydroxylation is 1. The van der Waals surface area contributed by atoms with Crippen LogP contribution in [0.1, 0.15) is 23.6 Å². The van der Waals surface area contributed by atoms with Crippen molar-refractivity contribution in [2.75, 3.05) is 6.61 Å². The topological polar surface area (TPSA) is 30.8 Å². The molecule has 0 saturated carbocycles. The van der Waals surface area contributed by atoms with Crippen LogP contribution in [0.2, 0.25) is 5.02 Å². The molecule has 0 N–H and O–H groups in total. The SMILES string of the molecule is CCOc1cc(C=Nc2ccccc2C)cc(Cl)c1OCc1cccc2ccccc12. The summed E-state index contributed by atoms with van der Waals surface area (Å²) in [5.41, 5.74) is 3.99. The van der Waals surface area contributed by atoms with Gasteiger partial charge >= 0.3 is 0 Å². The molecule has 4 rings (SSSR count). The average molecular weight is 430 g/mol. The van der Waals surface area contributed by atoms with Crippen molar-refractivity contribution >= 4 is 34.3 Å². The molecule has 0 atom stereocenters. The summed E-state index contributed by atoms with van der Waals surface area (Å²) in [6, 6.07) is 26.2. The third-order valence-corrected chi connectivity index (χ3v) is 5.33. The lowest BCUT2D eigenvalue weighted by atomic mass is 10.1. The number of para-hydroxylation sites is 1. The number of hydrogen-bond acceptors (Lipinski definition) is 3. The third kappa shape index (κ3) is 4.89. The maximum Gasteiger partial charge on any atom is 0.180 e. The second kappa shape index (κ2) is 9.67. The number of halogens is 1. The van der Waals surface area contributed by atoms with Crippen LogP contribution in [0.3, 0.4) is 0 Å². The largest absolute Gasteiger partial charge is 0.490 e. The van der Waals surface area contributed by atoms with Crippen molar-refractivity contribution in [3.63, 3.8) is 0 Å². The Morgan fingerprint density at radius 3 is 2.52 bits per heavy atom. The molecule has 0 fully saturated rings. The average Bonchev–Trinajstić information content (AvgIpc) is 2.78. The van der Waals surface area contributed by atoms with Crippen LogP contribution in [0.15, 0.2) is 83.9 Å². The molecule has 4 aromatic carbocycles. The van der Waals surface area contributed by atoms with E-state index < -0.39 is 0 Å². The van der Waals surface area contributed by atoms with Gasteiger partial charge in [-0.15, -0.1) is 0 Å². The Morgan fingerprint density at radius 1 is 0.903 bits per heavy atom. The molecule has 0 saturated heterocycles. The van der Waals surface area contributed by atoms with Crippen molar-refractivity contribution in [3.05, 3.63) is 101 Å². The van der Waals surface area contributed by atoms with Crippen LogP contribution < -0.4 is 9.47 Å². The molecule has 0 heterocycles. The van der Waals surface area contributed by atoms with Gasteiger partial charge in [0.1, 0.15) is 6.61 Å². The second-order valence-corrected chi connectivity index (χ2v) is 7.64. The van der Waals surface area contributed by atoms with Gasteiger partial charge in [0.15, 0.2) is 11.5 Å². The van der Waals surface area contributed by atoms with Gasteiger partial charge in [-0.3, -0.25) is 4.99 Å². The fourth-order valence-corrected chi connectivity index (χ4v) is 3.76. The molecule has 0 aliphatic rings. The Hall–Kier alpha value is -3.30. The minimum atomic E-state index is 0.401. The van der Waals surface area contributed by atoms with Crippen molar-refractivity contribution in [1.29, 1.82) is 0 Å². The number of rotatable bonds is 7. The molecule has 0 aliphatic carbocycles. The summed E-state index contributed by atoms with van der Waals surface area (Å²) in [6.07, 6.45) is 1.80. The molecular formula is C27H24ClNO2. The Morgan fingerprint density at radius 2 is 1.68 bits per heavy atom. The number of ether oxygens (including phenoxy) is 2. The van der Waals surface area contributed by atoms with Crippen LogP contribution in [-0.4, -0.2) is 12.8 Å². The van der Waals surface area contributed by atoms with Crippen molar-refractivity contribution < 1.29 is 9.47 Å². The summed E-state index contributed by atoms with van der Waals surface area (Å²) in [5, 5.41) is 2.85. The molecule has 4 aromatic rings. The number of hydrogen-bond donors (Lipinski definition) is 0. The van der Waals surface area contributed by atoms with Crippen molar-refractivity contribution in [2.45, 2.75) is 20.5 Å². The molecule has 0 aliphatic heterocycles. The zero-order valence-electron chi connectivity index (χ0n) is 17.6. The summed E-state index contributed by atoms with van der Waals surface area (Å²) in [4.78, 5) is 4.60. The molecule has 4 heteroatoms.